The summed E-state index contributed by atoms with van der Waals surface area (Å²) in [6, 6.07) is 0.907. The first kappa shape index (κ1) is 11.4. The molecule has 1 saturated heterocycles. The first-order valence-corrected chi connectivity index (χ1v) is 6.85. The van der Waals surface area contributed by atoms with Crippen LogP contribution in [0.15, 0.2) is 0 Å². The van der Waals surface area contributed by atoms with E-state index in [-0.39, 0.29) is 0 Å². The van der Waals surface area contributed by atoms with Crippen molar-refractivity contribution in [1.82, 2.24) is 10.2 Å². The van der Waals surface area contributed by atoms with Gasteiger partial charge in [0.1, 0.15) is 0 Å². The Morgan fingerprint density at radius 1 is 1.13 bits per heavy atom. The maximum Gasteiger partial charge on any atom is 0.00952 e. The highest BCUT2D eigenvalue weighted by Gasteiger charge is 2.23. The summed E-state index contributed by atoms with van der Waals surface area (Å²) < 4.78 is 0. The molecule has 1 aliphatic heterocycles. The number of hydrogen-bond acceptors (Lipinski definition) is 2. The first-order valence-electron chi connectivity index (χ1n) is 6.85. The van der Waals surface area contributed by atoms with Crippen molar-refractivity contribution in [3.05, 3.63) is 0 Å². The van der Waals surface area contributed by atoms with E-state index in [1.807, 2.05) is 0 Å². The van der Waals surface area contributed by atoms with Gasteiger partial charge in [-0.3, -0.25) is 0 Å². The zero-order valence-electron chi connectivity index (χ0n) is 10.2. The van der Waals surface area contributed by atoms with Crippen LogP contribution in [0.3, 0.4) is 0 Å². The molecule has 0 radical (unpaired) electrons. The van der Waals surface area contributed by atoms with E-state index >= 15 is 0 Å². The Morgan fingerprint density at radius 2 is 1.93 bits per heavy atom. The molecule has 15 heavy (non-hydrogen) atoms. The molecule has 1 atom stereocenters. The van der Waals surface area contributed by atoms with Gasteiger partial charge >= 0.3 is 0 Å². The summed E-state index contributed by atoms with van der Waals surface area (Å²) in [6.45, 7) is 7.42. The lowest BCUT2D eigenvalue weighted by Gasteiger charge is -2.35. The predicted molar refractivity (Wildman–Crippen MR) is 65.1 cm³/mol. The Morgan fingerprint density at radius 3 is 2.53 bits per heavy atom. The van der Waals surface area contributed by atoms with Crippen molar-refractivity contribution in [2.24, 2.45) is 5.92 Å². The van der Waals surface area contributed by atoms with Gasteiger partial charge in [0.25, 0.3) is 0 Å². The van der Waals surface area contributed by atoms with E-state index in [9.17, 15) is 0 Å². The Kier molecular flexibility index (Phi) is 4.45. The lowest BCUT2D eigenvalue weighted by atomic mass is 9.93. The molecule has 1 N–H and O–H groups in total. The van der Waals surface area contributed by atoms with Gasteiger partial charge in [-0.1, -0.05) is 26.2 Å². The largest absolute Gasteiger partial charge is 0.316 e. The quantitative estimate of drug-likeness (QED) is 0.765. The highest BCUT2D eigenvalue weighted by Crippen LogP contribution is 2.24. The van der Waals surface area contributed by atoms with Gasteiger partial charge in [-0.2, -0.15) is 0 Å². The number of hydrogen-bond donors (Lipinski definition) is 1. The molecule has 1 aliphatic carbocycles. The summed E-state index contributed by atoms with van der Waals surface area (Å²) >= 11 is 0. The highest BCUT2D eigenvalue weighted by molar-refractivity contribution is 4.80. The third-order valence-corrected chi connectivity index (χ3v) is 4.15. The fourth-order valence-corrected chi connectivity index (χ4v) is 3.18. The van der Waals surface area contributed by atoms with Crippen molar-refractivity contribution < 1.29 is 0 Å². The third-order valence-electron chi connectivity index (χ3n) is 4.15. The molecule has 1 saturated carbocycles. The average Bonchev–Trinajstić information content (AvgIpc) is 2.80. The van der Waals surface area contributed by atoms with Gasteiger partial charge in [-0.25, -0.2) is 0 Å². The number of rotatable bonds is 4. The van der Waals surface area contributed by atoms with Crippen LogP contribution in [0.5, 0.6) is 0 Å². The van der Waals surface area contributed by atoms with Crippen LogP contribution in [0.1, 0.15) is 45.4 Å². The SMILES string of the molecule is CCN(C[C@@H]1CCNC1)C1CCCCC1. The van der Waals surface area contributed by atoms with E-state index in [2.05, 4.69) is 17.1 Å². The van der Waals surface area contributed by atoms with E-state index in [1.165, 1.54) is 64.7 Å². The molecule has 0 unspecified atom stereocenters. The van der Waals surface area contributed by atoms with Crippen molar-refractivity contribution in [1.29, 1.82) is 0 Å². The summed E-state index contributed by atoms with van der Waals surface area (Å²) in [5.41, 5.74) is 0. The molecule has 0 aromatic carbocycles. The number of nitrogens with zero attached hydrogens (tertiary/aromatic N) is 1. The second-order valence-corrected chi connectivity index (χ2v) is 5.24. The summed E-state index contributed by atoms with van der Waals surface area (Å²) in [4.78, 5) is 2.75. The third kappa shape index (κ3) is 3.18. The molecule has 0 spiro atoms. The first-order chi connectivity index (χ1) is 7.40. The van der Waals surface area contributed by atoms with Crippen LogP contribution < -0.4 is 5.32 Å². The lowest BCUT2D eigenvalue weighted by molar-refractivity contribution is 0.143. The lowest BCUT2D eigenvalue weighted by Crippen LogP contribution is -2.40. The molecule has 2 heteroatoms. The van der Waals surface area contributed by atoms with Crippen molar-refractivity contribution in [3.63, 3.8) is 0 Å². The summed E-state index contributed by atoms with van der Waals surface area (Å²) in [5.74, 6) is 0.923. The van der Waals surface area contributed by atoms with Crippen molar-refractivity contribution in [2.75, 3.05) is 26.2 Å². The maximum absolute atomic E-state index is 3.48. The molecule has 88 valence electrons. The Balaban J connectivity index is 1.79. The summed E-state index contributed by atoms with van der Waals surface area (Å²) in [5, 5.41) is 3.48. The van der Waals surface area contributed by atoms with Crippen LogP contribution in [-0.4, -0.2) is 37.1 Å². The van der Waals surface area contributed by atoms with Gasteiger partial charge in [-0.15, -0.1) is 0 Å². The Bertz CT molecular complexity index is 169. The van der Waals surface area contributed by atoms with Gasteiger partial charge in [0.05, 0.1) is 0 Å². The smallest absolute Gasteiger partial charge is 0.00952 e. The van der Waals surface area contributed by atoms with Gasteiger partial charge in [0.2, 0.25) is 0 Å². The van der Waals surface area contributed by atoms with Gasteiger partial charge in [0.15, 0.2) is 0 Å². The van der Waals surface area contributed by atoms with E-state index < -0.39 is 0 Å². The highest BCUT2D eigenvalue weighted by atomic mass is 15.2. The van der Waals surface area contributed by atoms with Crippen LogP contribution in [0.2, 0.25) is 0 Å². The fraction of sp³-hybridized carbons (Fsp3) is 1.00. The fourth-order valence-electron chi connectivity index (χ4n) is 3.18. The maximum atomic E-state index is 3.48. The van der Waals surface area contributed by atoms with Crippen LogP contribution >= 0.6 is 0 Å². The topological polar surface area (TPSA) is 15.3 Å². The van der Waals surface area contributed by atoms with Crippen molar-refractivity contribution >= 4 is 0 Å². The normalized spacial score (nSPS) is 28.8. The van der Waals surface area contributed by atoms with Crippen LogP contribution in [0, 0.1) is 5.92 Å². The van der Waals surface area contributed by atoms with Gasteiger partial charge in [-0.05, 0) is 44.8 Å². The zero-order chi connectivity index (χ0) is 10.5. The zero-order valence-corrected chi connectivity index (χ0v) is 10.2. The summed E-state index contributed by atoms with van der Waals surface area (Å²) in [6.07, 6.45) is 8.69. The molecule has 2 nitrogen and oxygen atoms in total. The van der Waals surface area contributed by atoms with Gasteiger partial charge in [0, 0.05) is 12.6 Å². The Labute approximate surface area is 94.4 Å². The second kappa shape index (κ2) is 5.86. The average molecular weight is 210 g/mol. The predicted octanol–water partition coefficient (Wildman–Crippen LogP) is 2.25. The van der Waals surface area contributed by atoms with E-state index in [0.29, 0.717) is 0 Å². The van der Waals surface area contributed by atoms with Crippen LogP contribution in [0.4, 0.5) is 0 Å². The minimum atomic E-state index is 0.907. The minimum Gasteiger partial charge on any atom is -0.316 e. The van der Waals surface area contributed by atoms with Crippen LogP contribution in [-0.2, 0) is 0 Å². The molecular formula is C13H26N2. The molecular weight excluding hydrogens is 184 g/mol. The molecule has 0 aromatic rings. The Hall–Kier alpha value is -0.0800. The molecule has 0 amide bonds. The number of nitrogens with one attached hydrogen (secondary N) is 1. The van der Waals surface area contributed by atoms with E-state index in [0.717, 1.165) is 12.0 Å². The monoisotopic (exact) mass is 210 g/mol. The molecule has 2 aliphatic rings. The standard InChI is InChI=1S/C13H26N2/c1-2-15(11-12-8-9-14-10-12)13-6-4-3-5-7-13/h12-14H,2-11H2,1H3/t12-/m1/s1. The minimum absolute atomic E-state index is 0.907. The molecule has 0 aromatic heterocycles. The molecule has 0 bridgehead atoms. The van der Waals surface area contributed by atoms with E-state index in [1.54, 1.807) is 0 Å². The van der Waals surface area contributed by atoms with Crippen molar-refractivity contribution in [2.45, 2.75) is 51.5 Å². The molecule has 2 fully saturated rings. The van der Waals surface area contributed by atoms with E-state index in [4.69, 9.17) is 0 Å². The second-order valence-electron chi connectivity index (χ2n) is 5.24. The van der Waals surface area contributed by atoms with Gasteiger partial charge < -0.3 is 10.2 Å². The molecule has 1 heterocycles. The van der Waals surface area contributed by atoms with Crippen LogP contribution in [0.25, 0.3) is 0 Å². The summed E-state index contributed by atoms with van der Waals surface area (Å²) in [7, 11) is 0. The molecule has 2 rings (SSSR count). The van der Waals surface area contributed by atoms with Crippen molar-refractivity contribution in [3.8, 4) is 0 Å².